The molecule has 3 rings (SSSR count). The summed E-state index contributed by atoms with van der Waals surface area (Å²) in [6, 6.07) is 5.21. The van der Waals surface area contributed by atoms with Crippen molar-refractivity contribution < 1.29 is 22.7 Å². The van der Waals surface area contributed by atoms with Gasteiger partial charge in [0.1, 0.15) is 11.8 Å². The number of amides is 2. The second-order valence-electron chi connectivity index (χ2n) is 9.06. The Morgan fingerprint density at radius 3 is 2.09 bits per heavy atom. The van der Waals surface area contributed by atoms with Crippen LogP contribution in [0.2, 0.25) is 0 Å². The van der Waals surface area contributed by atoms with Crippen LogP contribution in [-0.4, -0.2) is 93.9 Å². The standard InChI is InChI=1S/C23H36N4O5S/c1-18(2)22(24-33(30,31)20-9-7-19(32-3)8-10-20)23(29)27-15-13-25(14-16-27)17-21(28)26-11-5-4-6-12-26/h7-10,18,22,24H,4-6,11-17H2,1-3H3/t22-/m0/s1. The Balaban J connectivity index is 1.57. The van der Waals surface area contributed by atoms with E-state index in [0.29, 0.717) is 38.5 Å². The van der Waals surface area contributed by atoms with Gasteiger partial charge >= 0.3 is 0 Å². The minimum absolute atomic E-state index is 0.0859. The monoisotopic (exact) mass is 480 g/mol. The fourth-order valence-electron chi connectivity index (χ4n) is 4.22. The van der Waals surface area contributed by atoms with Crippen LogP contribution < -0.4 is 9.46 Å². The van der Waals surface area contributed by atoms with E-state index in [1.807, 2.05) is 18.7 Å². The fraction of sp³-hybridized carbons (Fsp3) is 0.652. The van der Waals surface area contributed by atoms with Gasteiger partial charge in [0.05, 0.1) is 18.6 Å². The van der Waals surface area contributed by atoms with E-state index in [-0.39, 0.29) is 22.6 Å². The molecule has 1 atom stereocenters. The van der Waals surface area contributed by atoms with Crippen LogP contribution in [0.5, 0.6) is 5.75 Å². The Hall–Kier alpha value is -2.17. The summed E-state index contributed by atoms with van der Waals surface area (Å²) < 4.78 is 33.4. The highest BCUT2D eigenvalue weighted by molar-refractivity contribution is 7.89. The smallest absolute Gasteiger partial charge is 0.241 e. The lowest BCUT2D eigenvalue weighted by molar-refractivity contribution is -0.137. The second kappa shape index (κ2) is 11.3. The second-order valence-corrected chi connectivity index (χ2v) is 10.8. The molecule has 2 aliphatic rings. The third kappa shape index (κ3) is 6.68. The van der Waals surface area contributed by atoms with E-state index in [1.54, 1.807) is 17.0 Å². The number of piperidine rings is 1. The SMILES string of the molecule is COc1ccc(S(=O)(=O)N[C@H](C(=O)N2CCN(CC(=O)N3CCCCC3)CC2)C(C)C)cc1. The van der Waals surface area contributed by atoms with E-state index in [0.717, 1.165) is 25.9 Å². The highest BCUT2D eigenvalue weighted by atomic mass is 32.2. The summed E-state index contributed by atoms with van der Waals surface area (Å²) in [5.74, 6) is 0.261. The number of piperazine rings is 1. The van der Waals surface area contributed by atoms with Gasteiger partial charge in [-0.3, -0.25) is 14.5 Å². The number of nitrogens with zero attached hydrogens (tertiary/aromatic N) is 3. The number of benzene rings is 1. The quantitative estimate of drug-likeness (QED) is 0.599. The highest BCUT2D eigenvalue weighted by Gasteiger charge is 2.33. The minimum atomic E-state index is -3.87. The van der Waals surface area contributed by atoms with Crippen molar-refractivity contribution in [3.63, 3.8) is 0 Å². The summed E-state index contributed by atoms with van der Waals surface area (Å²) in [6.45, 7) is 7.84. The van der Waals surface area contributed by atoms with Gasteiger partial charge in [-0.2, -0.15) is 4.72 Å². The molecular formula is C23H36N4O5S. The number of likely N-dealkylation sites (tertiary alicyclic amines) is 1. The predicted octanol–water partition coefficient (Wildman–Crippen LogP) is 1.15. The molecule has 2 fully saturated rings. The Morgan fingerprint density at radius 1 is 0.939 bits per heavy atom. The molecule has 2 aliphatic heterocycles. The number of nitrogens with one attached hydrogen (secondary N) is 1. The van der Waals surface area contributed by atoms with Crippen LogP contribution in [0.4, 0.5) is 0 Å². The van der Waals surface area contributed by atoms with E-state index in [9.17, 15) is 18.0 Å². The van der Waals surface area contributed by atoms with Gasteiger partial charge < -0.3 is 14.5 Å². The summed E-state index contributed by atoms with van der Waals surface area (Å²) in [5.41, 5.74) is 0. The predicted molar refractivity (Wildman–Crippen MR) is 125 cm³/mol. The zero-order chi connectivity index (χ0) is 24.0. The van der Waals surface area contributed by atoms with Crippen molar-refractivity contribution in [1.82, 2.24) is 19.4 Å². The average molecular weight is 481 g/mol. The fourth-order valence-corrected chi connectivity index (χ4v) is 5.56. The van der Waals surface area contributed by atoms with Gasteiger partial charge in [-0.1, -0.05) is 13.8 Å². The van der Waals surface area contributed by atoms with Crippen LogP contribution in [0.1, 0.15) is 33.1 Å². The van der Waals surface area contributed by atoms with Crippen molar-refractivity contribution in [2.45, 2.75) is 44.0 Å². The van der Waals surface area contributed by atoms with Gasteiger partial charge in [-0.25, -0.2) is 8.42 Å². The number of rotatable bonds is 8. The van der Waals surface area contributed by atoms with Crippen LogP contribution in [-0.2, 0) is 19.6 Å². The summed E-state index contributed by atoms with van der Waals surface area (Å²) >= 11 is 0. The molecule has 0 unspecified atom stereocenters. The molecule has 2 heterocycles. The Bertz CT molecular complexity index is 905. The van der Waals surface area contributed by atoms with E-state index in [2.05, 4.69) is 9.62 Å². The number of sulfonamides is 1. The molecule has 0 aliphatic carbocycles. The molecule has 1 N–H and O–H groups in total. The minimum Gasteiger partial charge on any atom is -0.497 e. The van der Waals surface area contributed by atoms with Gasteiger partial charge in [-0.05, 0) is 49.4 Å². The molecular weight excluding hydrogens is 444 g/mol. The summed E-state index contributed by atoms with van der Waals surface area (Å²) in [4.78, 5) is 31.5. The number of carbonyl (C=O) groups excluding carboxylic acids is 2. The molecule has 0 radical (unpaired) electrons. The average Bonchev–Trinajstić information content (AvgIpc) is 2.83. The molecule has 184 valence electrons. The van der Waals surface area contributed by atoms with Gasteiger partial charge in [0.2, 0.25) is 21.8 Å². The van der Waals surface area contributed by atoms with Gasteiger partial charge in [0.15, 0.2) is 0 Å². The van der Waals surface area contributed by atoms with Gasteiger partial charge in [0.25, 0.3) is 0 Å². The normalized spacial score (nSPS) is 18.9. The molecule has 33 heavy (non-hydrogen) atoms. The van der Waals surface area contributed by atoms with E-state index in [1.165, 1.54) is 25.7 Å². The van der Waals surface area contributed by atoms with Crippen LogP contribution >= 0.6 is 0 Å². The van der Waals surface area contributed by atoms with Crippen LogP contribution in [0.15, 0.2) is 29.2 Å². The first-order valence-electron chi connectivity index (χ1n) is 11.7. The molecule has 1 aromatic rings. The first-order valence-corrected chi connectivity index (χ1v) is 13.1. The number of hydrogen-bond donors (Lipinski definition) is 1. The number of ether oxygens (including phenoxy) is 1. The Morgan fingerprint density at radius 2 is 1.55 bits per heavy atom. The summed E-state index contributed by atoms with van der Waals surface area (Å²) in [5, 5.41) is 0. The first kappa shape index (κ1) is 25.5. The topological polar surface area (TPSA) is 99.3 Å². The Labute approximate surface area is 197 Å². The molecule has 0 spiro atoms. The lowest BCUT2D eigenvalue weighted by atomic mass is 10.0. The molecule has 9 nitrogen and oxygen atoms in total. The maximum Gasteiger partial charge on any atom is 0.241 e. The zero-order valence-electron chi connectivity index (χ0n) is 19.8. The van der Waals surface area contributed by atoms with Crippen LogP contribution in [0.3, 0.4) is 0 Å². The highest BCUT2D eigenvalue weighted by Crippen LogP contribution is 2.18. The molecule has 10 heteroatoms. The van der Waals surface area contributed by atoms with Crippen molar-refractivity contribution in [3.8, 4) is 5.75 Å². The van der Waals surface area contributed by atoms with Crippen LogP contribution in [0.25, 0.3) is 0 Å². The van der Waals surface area contributed by atoms with Crippen LogP contribution in [0, 0.1) is 5.92 Å². The van der Waals surface area contributed by atoms with E-state index < -0.39 is 16.1 Å². The van der Waals surface area contributed by atoms with Crippen molar-refractivity contribution >= 4 is 21.8 Å². The van der Waals surface area contributed by atoms with Crippen molar-refractivity contribution in [2.24, 2.45) is 5.92 Å². The molecule has 2 amide bonds. The molecule has 2 saturated heterocycles. The largest absolute Gasteiger partial charge is 0.497 e. The zero-order valence-corrected chi connectivity index (χ0v) is 20.6. The number of hydrogen-bond acceptors (Lipinski definition) is 6. The number of carbonyl (C=O) groups is 2. The summed E-state index contributed by atoms with van der Waals surface area (Å²) in [6.07, 6.45) is 3.32. The number of methoxy groups -OCH3 is 1. The lowest BCUT2D eigenvalue weighted by Crippen LogP contribution is -2.57. The van der Waals surface area contributed by atoms with Crippen molar-refractivity contribution in [2.75, 3.05) is 52.9 Å². The maximum atomic E-state index is 13.2. The van der Waals surface area contributed by atoms with E-state index in [4.69, 9.17) is 4.74 Å². The van der Waals surface area contributed by atoms with Gasteiger partial charge in [0, 0.05) is 39.3 Å². The Kier molecular flexibility index (Phi) is 8.72. The van der Waals surface area contributed by atoms with Crippen molar-refractivity contribution in [1.29, 1.82) is 0 Å². The maximum absolute atomic E-state index is 13.2. The van der Waals surface area contributed by atoms with E-state index >= 15 is 0 Å². The molecule has 0 saturated carbocycles. The van der Waals surface area contributed by atoms with Gasteiger partial charge in [-0.15, -0.1) is 0 Å². The molecule has 0 bridgehead atoms. The first-order chi connectivity index (χ1) is 15.7. The lowest BCUT2D eigenvalue weighted by Gasteiger charge is -2.38. The molecule has 0 aromatic heterocycles. The third-order valence-corrected chi connectivity index (χ3v) is 7.79. The van der Waals surface area contributed by atoms with Crippen molar-refractivity contribution in [3.05, 3.63) is 24.3 Å². The molecule has 1 aromatic carbocycles. The summed E-state index contributed by atoms with van der Waals surface area (Å²) in [7, 11) is -2.35. The third-order valence-electron chi connectivity index (χ3n) is 6.34.